The quantitative estimate of drug-likeness (QED) is 0.233. The predicted molar refractivity (Wildman–Crippen MR) is 112 cm³/mol. The van der Waals surface area contributed by atoms with E-state index in [4.69, 9.17) is 14.6 Å². The van der Waals surface area contributed by atoms with E-state index < -0.39 is 6.16 Å². The van der Waals surface area contributed by atoms with Gasteiger partial charge in [-0.25, -0.2) is 4.79 Å². The van der Waals surface area contributed by atoms with E-state index in [1.54, 1.807) is 0 Å². The predicted octanol–water partition coefficient (Wildman–Crippen LogP) is 5.54. The van der Waals surface area contributed by atoms with Gasteiger partial charge in [0.25, 0.3) is 0 Å². The van der Waals surface area contributed by atoms with Crippen LogP contribution in [-0.4, -0.2) is 56.1 Å². The maximum Gasteiger partial charge on any atom is 0.508 e. The SMILES string of the molecule is CCCCCCCCCCCCC(CCCO)OC(=O)OCCCN(C)C. The van der Waals surface area contributed by atoms with E-state index in [-0.39, 0.29) is 12.7 Å². The number of unbranched alkanes of at least 4 members (excludes halogenated alkanes) is 9. The van der Waals surface area contributed by atoms with Gasteiger partial charge in [0.15, 0.2) is 0 Å². The molecule has 1 unspecified atom stereocenters. The van der Waals surface area contributed by atoms with Crippen molar-refractivity contribution in [2.45, 2.75) is 103 Å². The van der Waals surface area contributed by atoms with Crippen molar-refractivity contribution in [2.75, 3.05) is 33.9 Å². The van der Waals surface area contributed by atoms with Gasteiger partial charge in [-0.1, -0.05) is 64.7 Å². The molecule has 162 valence electrons. The van der Waals surface area contributed by atoms with Crippen LogP contribution in [0.1, 0.15) is 96.8 Å². The molecule has 1 N–H and O–H groups in total. The Kier molecular flexibility index (Phi) is 19.3. The fraction of sp³-hybridized carbons (Fsp3) is 0.955. The van der Waals surface area contributed by atoms with E-state index in [2.05, 4.69) is 11.8 Å². The summed E-state index contributed by atoms with van der Waals surface area (Å²) in [4.78, 5) is 13.9. The standard InChI is InChI=1S/C22H45NO4/c1-4-5-6-7-8-9-10-11-12-13-16-21(17-14-19-24)27-22(25)26-20-15-18-23(2)3/h21,24H,4-20H2,1-3H3. The van der Waals surface area contributed by atoms with Crippen molar-refractivity contribution < 1.29 is 19.4 Å². The molecule has 0 aromatic carbocycles. The second kappa shape index (κ2) is 19.9. The molecule has 0 spiro atoms. The van der Waals surface area contributed by atoms with E-state index in [1.165, 1.54) is 57.8 Å². The Morgan fingerprint density at radius 3 is 1.96 bits per heavy atom. The third kappa shape index (κ3) is 19.7. The average molecular weight is 388 g/mol. The molecule has 0 heterocycles. The number of rotatable bonds is 19. The number of carbonyl (C=O) groups is 1. The van der Waals surface area contributed by atoms with Gasteiger partial charge in [0.2, 0.25) is 0 Å². The molecule has 0 saturated carbocycles. The summed E-state index contributed by atoms with van der Waals surface area (Å²) >= 11 is 0. The summed E-state index contributed by atoms with van der Waals surface area (Å²) in [6, 6.07) is 0. The summed E-state index contributed by atoms with van der Waals surface area (Å²) in [5, 5.41) is 9.04. The van der Waals surface area contributed by atoms with E-state index in [1.807, 2.05) is 14.1 Å². The van der Waals surface area contributed by atoms with Gasteiger partial charge in [0.1, 0.15) is 6.10 Å². The molecule has 0 radical (unpaired) electrons. The Morgan fingerprint density at radius 2 is 1.41 bits per heavy atom. The highest BCUT2D eigenvalue weighted by Crippen LogP contribution is 2.16. The van der Waals surface area contributed by atoms with Crippen LogP contribution in [0.25, 0.3) is 0 Å². The summed E-state index contributed by atoms with van der Waals surface area (Å²) in [5.74, 6) is 0. The van der Waals surface area contributed by atoms with Gasteiger partial charge in [-0.05, 0) is 46.2 Å². The summed E-state index contributed by atoms with van der Waals surface area (Å²) in [5.41, 5.74) is 0. The van der Waals surface area contributed by atoms with Crippen molar-refractivity contribution in [1.82, 2.24) is 4.90 Å². The van der Waals surface area contributed by atoms with Crippen molar-refractivity contribution in [3.05, 3.63) is 0 Å². The van der Waals surface area contributed by atoms with Crippen molar-refractivity contribution in [3.8, 4) is 0 Å². The smallest absolute Gasteiger partial charge is 0.434 e. The molecule has 0 aliphatic rings. The van der Waals surface area contributed by atoms with Crippen LogP contribution in [0.2, 0.25) is 0 Å². The van der Waals surface area contributed by atoms with E-state index in [0.717, 1.165) is 25.8 Å². The van der Waals surface area contributed by atoms with Gasteiger partial charge in [0, 0.05) is 13.2 Å². The molecule has 0 amide bonds. The molecule has 0 aliphatic heterocycles. The molecule has 5 nitrogen and oxygen atoms in total. The largest absolute Gasteiger partial charge is 0.508 e. The first-order chi connectivity index (χ1) is 13.1. The van der Waals surface area contributed by atoms with Crippen molar-refractivity contribution in [1.29, 1.82) is 0 Å². The molecule has 0 aromatic heterocycles. The number of ether oxygens (including phenoxy) is 2. The summed E-state index contributed by atoms with van der Waals surface area (Å²) in [7, 11) is 3.99. The molecular formula is C22H45NO4. The van der Waals surface area contributed by atoms with Gasteiger partial charge in [-0.2, -0.15) is 0 Å². The fourth-order valence-electron chi connectivity index (χ4n) is 3.15. The molecule has 27 heavy (non-hydrogen) atoms. The van der Waals surface area contributed by atoms with Gasteiger partial charge in [-0.15, -0.1) is 0 Å². The molecule has 0 aromatic rings. The van der Waals surface area contributed by atoms with Crippen LogP contribution in [0.3, 0.4) is 0 Å². The van der Waals surface area contributed by atoms with Crippen LogP contribution in [0.4, 0.5) is 4.79 Å². The van der Waals surface area contributed by atoms with E-state index >= 15 is 0 Å². The molecule has 0 rings (SSSR count). The minimum atomic E-state index is -0.566. The Balaban J connectivity index is 3.75. The normalized spacial score (nSPS) is 12.3. The summed E-state index contributed by atoms with van der Waals surface area (Å²) in [6.07, 6.45) is 15.3. The maximum atomic E-state index is 11.8. The molecule has 0 saturated heterocycles. The summed E-state index contributed by atoms with van der Waals surface area (Å²) < 4.78 is 10.6. The highest BCUT2D eigenvalue weighted by atomic mass is 16.7. The number of nitrogens with zero attached hydrogens (tertiary/aromatic N) is 1. The number of aliphatic hydroxyl groups is 1. The number of aliphatic hydroxyl groups excluding tert-OH is 1. The molecule has 0 aliphatic carbocycles. The third-order valence-corrected chi connectivity index (χ3v) is 4.80. The van der Waals surface area contributed by atoms with Crippen LogP contribution in [0.5, 0.6) is 0 Å². The zero-order valence-corrected chi connectivity index (χ0v) is 18.2. The van der Waals surface area contributed by atoms with Crippen LogP contribution in [-0.2, 0) is 9.47 Å². The maximum absolute atomic E-state index is 11.8. The van der Waals surface area contributed by atoms with Gasteiger partial charge in [0.05, 0.1) is 6.61 Å². The van der Waals surface area contributed by atoms with Gasteiger partial charge >= 0.3 is 6.16 Å². The first-order valence-electron chi connectivity index (χ1n) is 11.2. The highest BCUT2D eigenvalue weighted by Gasteiger charge is 2.15. The lowest BCUT2D eigenvalue weighted by Crippen LogP contribution is -2.21. The van der Waals surface area contributed by atoms with Crippen molar-refractivity contribution in [2.24, 2.45) is 0 Å². The number of hydrogen-bond acceptors (Lipinski definition) is 5. The fourth-order valence-corrected chi connectivity index (χ4v) is 3.15. The second-order valence-electron chi connectivity index (χ2n) is 7.83. The van der Waals surface area contributed by atoms with Crippen LogP contribution in [0, 0.1) is 0 Å². The lowest BCUT2D eigenvalue weighted by Gasteiger charge is -2.17. The average Bonchev–Trinajstić information content (AvgIpc) is 2.64. The first-order valence-corrected chi connectivity index (χ1v) is 11.2. The summed E-state index contributed by atoms with van der Waals surface area (Å²) in [6.45, 7) is 3.67. The van der Waals surface area contributed by atoms with Gasteiger partial charge in [-0.3, -0.25) is 0 Å². The molecular weight excluding hydrogens is 342 g/mol. The Hall–Kier alpha value is -0.810. The molecule has 0 bridgehead atoms. The van der Waals surface area contributed by atoms with E-state index in [9.17, 15) is 4.79 Å². The van der Waals surface area contributed by atoms with Crippen molar-refractivity contribution in [3.63, 3.8) is 0 Å². The Labute approximate surface area is 167 Å². The molecule has 5 heteroatoms. The zero-order valence-electron chi connectivity index (χ0n) is 18.2. The van der Waals surface area contributed by atoms with Crippen molar-refractivity contribution >= 4 is 6.16 Å². The Morgan fingerprint density at radius 1 is 0.852 bits per heavy atom. The number of hydrogen-bond donors (Lipinski definition) is 1. The lowest BCUT2D eigenvalue weighted by molar-refractivity contribution is 0.0138. The topological polar surface area (TPSA) is 59.0 Å². The first kappa shape index (κ1) is 26.2. The van der Waals surface area contributed by atoms with Gasteiger partial charge < -0.3 is 19.5 Å². The monoisotopic (exact) mass is 387 g/mol. The van der Waals surface area contributed by atoms with Crippen LogP contribution in [0.15, 0.2) is 0 Å². The number of carbonyl (C=O) groups excluding carboxylic acids is 1. The molecule has 1 atom stereocenters. The van der Waals surface area contributed by atoms with E-state index in [0.29, 0.717) is 19.4 Å². The lowest BCUT2D eigenvalue weighted by atomic mass is 10.0. The van der Waals surface area contributed by atoms with Crippen LogP contribution >= 0.6 is 0 Å². The van der Waals surface area contributed by atoms with Crippen LogP contribution < -0.4 is 0 Å². The molecule has 0 fully saturated rings. The zero-order chi connectivity index (χ0) is 20.2. The minimum absolute atomic E-state index is 0.132. The highest BCUT2D eigenvalue weighted by molar-refractivity contribution is 5.60. The third-order valence-electron chi connectivity index (χ3n) is 4.80. The second-order valence-corrected chi connectivity index (χ2v) is 7.83. The minimum Gasteiger partial charge on any atom is -0.434 e. The Bertz CT molecular complexity index is 323.